The number of imide groups is 1. The SMILES string of the molecule is CCCN1C(=O)C2C(NC3N(c4ccccc4)CC(C)CN23)N(C)C1=O. The monoisotopic (exact) mass is 357 g/mol. The number of benzene rings is 1. The van der Waals surface area contributed by atoms with E-state index >= 15 is 0 Å². The second kappa shape index (κ2) is 6.55. The molecule has 4 atom stereocenters. The summed E-state index contributed by atoms with van der Waals surface area (Å²) in [7, 11) is 1.79. The van der Waals surface area contributed by atoms with Crippen molar-refractivity contribution in [1.29, 1.82) is 0 Å². The van der Waals surface area contributed by atoms with E-state index < -0.39 is 0 Å². The van der Waals surface area contributed by atoms with Crippen LogP contribution in [0.1, 0.15) is 20.3 Å². The number of fused-ring (bicyclic) bond motifs is 3. The fraction of sp³-hybridized carbons (Fsp3) is 0.579. The van der Waals surface area contributed by atoms with Crippen molar-refractivity contribution in [2.45, 2.75) is 38.8 Å². The van der Waals surface area contributed by atoms with Crippen LogP contribution in [-0.2, 0) is 4.79 Å². The molecular weight excluding hydrogens is 330 g/mol. The first-order valence-corrected chi connectivity index (χ1v) is 9.44. The molecule has 1 N–H and O–H groups in total. The Labute approximate surface area is 154 Å². The average Bonchev–Trinajstić information content (AvgIpc) is 3.03. The van der Waals surface area contributed by atoms with Gasteiger partial charge in [0, 0.05) is 32.4 Å². The average molecular weight is 357 g/mol. The van der Waals surface area contributed by atoms with Crippen molar-refractivity contribution in [3.05, 3.63) is 30.3 Å². The van der Waals surface area contributed by atoms with E-state index in [9.17, 15) is 9.59 Å². The molecule has 7 heteroatoms. The van der Waals surface area contributed by atoms with Crippen molar-refractivity contribution >= 4 is 17.6 Å². The third-order valence-electron chi connectivity index (χ3n) is 5.62. The van der Waals surface area contributed by atoms with E-state index in [1.54, 1.807) is 11.9 Å². The first-order chi connectivity index (χ1) is 12.5. The summed E-state index contributed by atoms with van der Waals surface area (Å²) in [4.78, 5) is 33.4. The highest BCUT2D eigenvalue weighted by Gasteiger charge is 2.56. The molecule has 26 heavy (non-hydrogen) atoms. The number of hydrogen-bond acceptors (Lipinski definition) is 5. The summed E-state index contributed by atoms with van der Waals surface area (Å²) in [6.07, 6.45) is 0.403. The van der Waals surface area contributed by atoms with E-state index in [1.165, 1.54) is 4.90 Å². The molecule has 0 bridgehead atoms. The van der Waals surface area contributed by atoms with Gasteiger partial charge >= 0.3 is 6.03 Å². The van der Waals surface area contributed by atoms with Gasteiger partial charge in [0.2, 0.25) is 0 Å². The second-order valence-electron chi connectivity index (χ2n) is 7.60. The molecule has 7 nitrogen and oxygen atoms in total. The van der Waals surface area contributed by atoms with Gasteiger partial charge < -0.3 is 9.80 Å². The largest absolute Gasteiger partial charge is 0.343 e. The molecular formula is C19H27N5O2. The zero-order valence-electron chi connectivity index (χ0n) is 15.6. The van der Waals surface area contributed by atoms with Crippen LogP contribution in [0.3, 0.4) is 0 Å². The standard InChI is InChI=1S/C19H27N5O2/c1-4-10-22-17(25)15-16(21(3)19(22)26)20-18-23(11-13(2)12-24(15)18)14-8-6-5-7-9-14/h5-9,13,15-16,18,20H,4,10-12H2,1-3H3. The molecule has 4 rings (SSSR count). The number of amides is 3. The van der Waals surface area contributed by atoms with Crippen molar-refractivity contribution in [3.63, 3.8) is 0 Å². The smallest absolute Gasteiger partial charge is 0.327 e. The highest BCUT2D eigenvalue weighted by Crippen LogP contribution is 2.34. The number of hydrogen-bond donors (Lipinski definition) is 1. The topological polar surface area (TPSA) is 59.1 Å². The molecule has 3 heterocycles. The summed E-state index contributed by atoms with van der Waals surface area (Å²) in [6, 6.07) is 9.73. The minimum Gasteiger partial charge on any atom is -0.343 e. The van der Waals surface area contributed by atoms with Crippen LogP contribution >= 0.6 is 0 Å². The van der Waals surface area contributed by atoms with Crippen LogP contribution in [0.25, 0.3) is 0 Å². The first-order valence-electron chi connectivity index (χ1n) is 9.44. The Morgan fingerprint density at radius 2 is 1.88 bits per heavy atom. The van der Waals surface area contributed by atoms with Crippen LogP contribution in [0.2, 0.25) is 0 Å². The molecule has 3 fully saturated rings. The molecule has 3 aliphatic heterocycles. The van der Waals surface area contributed by atoms with Gasteiger partial charge in [-0.15, -0.1) is 0 Å². The van der Waals surface area contributed by atoms with Gasteiger partial charge in [-0.25, -0.2) is 4.79 Å². The van der Waals surface area contributed by atoms with Crippen molar-refractivity contribution in [2.75, 3.05) is 31.6 Å². The Morgan fingerprint density at radius 1 is 1.15 bits per heavy atom. The minimum absolute atomic E-state index is 0.0722. The molecule has 0 saturated carbocycles. The van der Waals surface area contributed by atoms with Gasteiger partial charge in [-0.3, -0.25) is 19.9 Å². The van der Waals surface area contributed by atoms with E-state index in [4.69, 9.17) is 0 Å². The zero-order valence-corrected chi connectivity index (χ0v) is 15.6. The normalized spacial score (nSPS) is 32.0. The van der Waals surface area contributed by atoms with Crippen LogP contribution in [-0.4, -0.2) is 71.8 Å². The first kappa shape index (κ1) is 17.3. The molecule has 0 aromatic heterocycles. The van der Waals surface area contributed by atoms with E-state index in [0.29, 0.717) is 12.5 Å². The number of urea groups is 1. The van der Waals surface area contributed by atoms with Crippen LogP contribution in [0.15, 0.2) is 30.3 Å². The van der Waals surface area contributed by atoms with Crippen molar-refractivity contribution in [3.8, 4) is 0 Å². The summed E-state index contributed by atoms with van der Waals surface area (Å²) < 4.78 is 0. The number of anilines is 1. The maximum absolute atomic E-state index is 13.1. The number of nitrogens with zero attached hydrogens (tertiary/aromatic N) is 4. The van der Waals surface area contributed by atoms with Gasteiger partial charge in [-0.05, 0) is 24.5 Å². The lowest BCUT2D eigenvalue weighted by Crippen LogP contribution is -2.66. The van der Waals surface area contributed by atoms with Crippen molar-refractivity contribution in [1.82, 2.24) is 20.0 Å². The third kappa shape index (κ3) is 2.57. The van der Waals surface area contributed by atoms with Crippen LogP contribution < -0.4 is 10.2 Å². The molecule has 1 aromatic rings. The summed E-state index contributed by atoms with van der Waals surface area (Å²) >= 11 is 0. The maximum Gasteiger partial charge on any atom is 0.327 e. The molecule has 1 aromatic carbocycles. The number of carbonyl (C=O) groups excluding carboxylic acids is 2. The Bertz CT molecular complexity index is 696. The zero-order chi connectivity index (χ0) is 18.4. The summed E-state index contributed by atoms with van der Waals surface area (Å²) in [5.41, 5.74) is 1.13. The van der Waals surface area contributed by atoms with Gasteiger partial charge in [0.25, 0.3) is 5.91 Å². The molecule has 4 unspecified atom stereocenters. The van der Waals surface area contributed by atoms with E-state index in [1.807, 2.05) is 25.1 Å². The van der Waals surface area contributed by atoms with E-state index in [-0.39, 0.29) is 30.4 Å². The van der Waals surface area contributed by atoms with E-state index in [2.05, 4.69) is 34.2 Å². The fourth-order valence-corrected chi connectivity index (χ4v) is 4.47. The number of likely N-dealkylation sites (N-methyl/N-ethyl adjacent to an activating group) is 1. The molecule has 3 saturated heterocycles. The highest BCUT2D eigenvalue weighted by atomic mass is 16.2. The van der Waals surface area contributed by atoms with Crippen LogP contribution in [0, 0.1) is 5.92 Å². The van der Waals surface area contributed by atoms with Gasteiger partial charge in [0.1, 0.15) is 18.5 Å². The van der Waals surface area contributed by atoms with Crippen molar-refractivity contribution in [2.24, 2.45) is 5.92 Å². The Hall–Kier alpha value is -2.12. The number of rotatable bonds is 3. The van der Waals surface area contributed by atoms with Gasteiger partial charge in [0.05, 0.1) is 0 Å². The Kier molecular flexibility index (Phi) is 4.36. The third-order valence-corrected chi connectivity index (χ3v) is 5.62. The van der Waals surface area contributed by atoms with E-state index in [0.717, 1.165) is 25.2 Å². The predicted octanol–water partition coefficient (Wildman–Crippen LogP) is 1.33. The van der Waals surface area contributed by atoms with Crippen molar-refractivity contribution < 1.29 is 9.59 Å². The predicted molar refractivity (Wildman–Crippen MR) is 99.3 cm³/mol. The lowest BCUT2D eigenvalue weighted by Gasteiger charge is -2.46. The number of carbonyl (C=O) groups is 2. The molecule has 0 spiro atoms. The minimum atomic E-state index is -0.330. The van der Waals surface area contributed by atoms with Crippen LogP contribution in [0.4, 0.5) is 10.5 Å². The number of para-hydroxylation sites is 1. The highest BCUT2D eigenvalue weighted by molar-refractivity contribution is 6.00. The van der Waals surface area contributed by atoms with Gasteiger partial charge in [-0.1, -0.05) is 32.0 Å². The van der Waals surface area contributed by atoms with Crippen LogP contribution in [0.5, 0.6) is 0 Å². The molecule has 3 aliphatic rings. The second-order valence-corrected chi connectivity index (χ2v) is 7.60. The maximum atomic E-state index is 13.1. The summed E-state index contributed by atoms with van der Waals surface area (Å²) in [6.45, 7) is 6.44. The molecule has 0 radical (unpaired) electrons. The molecule has 140 valence electrons. The quantitative estimate of drug-likeness (QED) is 0.884. The Balaban J connectivity index is 1.68. The summed E-state index contributed by atoms with van der Waals surface area (Å²) in [5, 5.41) is 3.55. The summed E-state index contributed by atoms with van der Waals surface area (Å²) in [5.74, 6) is 0.361. The lowest BCUT2D eigenvalue weighted by atomic mass is 10.0. The lowest BCUT2D eigenvalue weighted by molar-refractivity contribution is -0.138. The Morgan fingerprint density at radius 3 is 2.58 bits per heavy atom. The fourth-order valence-electron chi connectivity index (χ4n) is 4.47. The molecule has 0 aliphatic carbocycles. The molecule has 3 amide bonds. The number of nitrogens with one attached hydrogen (secondary N) is 1. The van der Waals surface area contributed by atoms with Gasteiger partial charge in [-0.2, -0.15) is 0 Å². The van der Waals surface area contributed by atoms with Gasteiger partial charge in [0.15, 0.2) is 0 Å².